The van der Waals surface area contributed by atoms with Gasteiger partial charge in [0.25, 0.3) is 0 Å². The molecule has 0 atom stereocenters. The summed E-state index contributed by atoms with van der Waals surface area (Å²) in [4.78, 5) is 15.6. The molecule has 1 aromatic carbocycles. The quantitative estimate of drug-likeness (QED) is 0.545. The Kier molecular flexibility index (Phi) is 2.81. The standard InChI is InChI=1S/C18H13N3OS/c1-4-13-15(5-1)23-18-16(13)17(20-10-21-18)22-12-6-7-14-11(9-12)3-2-8-19-14/h2-3,6-10H,1,4-5H2. The Morgan fingerprint density at radius 3 is 3.04 bits per heavy atom. The number of fused-ring (bicyclic) bond motifs is 4. The molecule has 4 nitrogen and oxygen atoms in total. The van der Waals surface area contributed by atoms with Crippen molar-refractivity contribution in [2.24, 2.45) is 0 Å². The molecule has 0 N–H and O–H groups in total. The molecule has 0 unspecified atom stereocenters. The monoisotopic (exact) mass is 319 g/mol. The number of hydrogen-bond acceptors (Lipinski definition) is 5. The number of benzene rings is 1. The van der Waals surface area contributed by atoms with Crippen LogP contribution in [-0.4, -0.2) is 15.0 Å². The van der Waals surface area contributed by atoms with Crippen molar-refractivity contribution in [3.05, 3.63) is 53.3 Å². The normalized spacial score (nSPS) is 13.6. The molecule has 3 aromatic heterocycles. The van der Waals surface area contributed by atoms with Crippen LogP contribution >= 0.6 is 11.3 Å². The van der Waals surface area contributed by atoms with Crippen molar-refractivity contribution in [1.29, 1.82) is 0 Å². The Bertz CT molecular complexity index is 1040. The molecular weight excluding hydrogens is 306 g/mol. The maximum absolute atomic E-state index is 6.11. The van der Waals surface area contributed by atoms with Crippen LogP contribution in [0.5, 0.6) is 11.6 Å². The third-order valence-corrected chi connectivity index (χ3v) is 5.46. The van der Waals surface area contributed by atoms with Crippen LogP contribution in [0.15, 0.2) is 42.9 Å². The number of aromatic nitrogens is 3. The van der Waals surface area contributed by atoms with Gasteiger partial charge in [-0.15, -0.1) is 11.3 Å². The lowest BCUT2D eigenvalue weighted by Gasteiger charge is -2.07. The first-order valence-corrected chi connectivity index (χ1v) is 8.48. The predicted octanol–water partition coefficient (Wildman–Crippen LogP) is 4.52. The highest BCUT2D eigenvalue weighted by molar-refractivity contribution is 7.18. The van der Waals surface area contributed by atoms with Crippen LogP contribution in [0.25, 0.3) is 21.1 Å². The number of ether oxygens (including phenoxy) is 1. The Labute approximate surface area is 136 Å². The molecule has 5 heteroatoms. The number of hydrogen-bond donors (Lipinski definition) is 0. The second-order valence-corrected chi connectivity index (χ2v) is 6.76. The molecule has 23 heavy (non-hydrogen) atoms. The molecule has 1 aliphatic carbocycles. The maximum Gasteiger partial charge on any atom is 0.231 e. The van der Waals surface area contributed by atoms with Gasteiger partial charge in [0.05, 0.1) is 10.9 Å². The molecule has 0 saturated carbocycles. The van der Waals surface area contributed by atoms with Crippen molar-refractivity contribution in [3.63, 3.8) is 0 Å². The van der Waals surface area contributed by atoms with Crippen molar-refractivity contribution in [2.45, 2.75) is 19.3 Å². The third kappa shape index (κ3) is 2.08. The van der Waals surface area contributed by atoms with E-state index in [2.05, 4.69) is 15.0 Å². The molecular formula is C18H13N3OS. The van der Waals surface area contributed by atoms with E-state index < -0.39 is 0 Å². The average Bonchev–Trinajstić information content (AvgIpc) is 3.16. The van der Waals surface area contributed by atoms with E-state index in [1.165, 1.54) is 16.9 Å². The maximum atomic E-state index is 6.11. The van der Waals surface area contributed by atoms with Gasteiger partial charge in [0.2, 0.25) is 5.88 Å². The Morgan fingerprint density at radius 1 is 1.04 bits per heavy atom. The van der Waals surface area contributed by atoms with Gasteiger partial charge in [0.1, 0.15) is 16.9 Å². The summed E-state index contributed by atoms with van der Waals surface area (Å²) in [5, 5.41) is 2.15. The van der Waals surface area contributed by atoms with Crippen LogP contribution in [0.2, 0.25) is 0 Å². The van der Waals surface area contributed by atoms with Crippen LogP contribution in [0.3, 0.4) is 0 Å². The number of pyridine rings is 1. The molecule has 4 aromatic rings. The van der Waals surface area contributed by atoms with Crippen LogP contribution in [0.4, 0.5) is 0 Å². The lowest BCUT2D eigenvalue weighted by Crippen LogP contribution is -1.91. The second kappa shape index (κ2) is 4.99. The number of aryl methyl sites for hydroxylation is 2. The molecule has 5 rings (SSSR count). The Balaban J connectivity index is 1.62. The van der Waals surface area contributed by atoms with E-state index in [-0.39, 0.29) is 0 Å². The van der Waals surface area contributed by atoms with Crippen LogP contribution in [0, 0.1) is 0 Å². The molecule has 1 aliphatic rings. The minimum Gasteiger partial charge on any atom is -0.438 e. The topological polar surface area (TPSA) is 47.9 Å². The van der Waals surface area contributed by atoms with E-state index in [4.69, 9.17) is 4.74 Å². The summed E-state index contributed by atoms with van der Waals surface area (Å²) in [7, 11) is 0. The molecule has 0 saturated heterocycles. The first-order valence-electron chi connectivity index (χ1n) is 7.66. The summed E-state index contributed by atoms with van der Waals surface area (Å²) in [6.07, 6.45) is 6.85. The smallest absolute Gasteiger partial charge is 0.231 e. The van der Waals surface area contributed by atoms with Gasteiger partial charge >= 0.3 is 0 Å². The molecule has 3 heterocycles. The van der Waals surface area contributed by atoms with E-state index in [1.54, 1.807) is 23.9 Å². The van der Waals surface area contributed by atoms with E-state index in [0.717, 1.165) is 39.7 Å². The first kappa shape index (κ1) is 13.0. The van der Waals surface area contributed by atoms with Gasteiger partial charge in [-0.25, -0.2) is 9.97 Å². The Morgan fingerprint density at radius 2 is 2.04 bits per heavy atom. The molecule has 0 fully saturated rings. The van der Waals surface area contributed by atoms with Crippen LogP contribution in [-0.2, 0) is 12.8 Å². The van der Waals surface area contributed by atoms with Crippen molar-refractivity contribution in [2.75, 3.05) is 0 Å². The first-order chi connectivity index (χ1) is 11.4. The second-order valence-electron chi connectivity index (χ2n) is 5.68. The van der Waals surface area contributed by atoms with Crippen molar-refractivity contribution in [1.82, 2.24) is 15.0 Å². The van der Waals surface area contributed by atoms with Gasteiger partial charge < -0.3 is 4.74 Å². The predicted molar refractivity (Wildman–Crippen MR) is 91.3 cm³/mol. The molecule has 112 valence electrons. The van der Waals surface area contributed by atoms with Gasteiger partial charge in [-0.1, -0.05) is 6.07 Å². The zero-order chi connectivity index (χ0) is 15.2. The summed E-state index contributed by atoms with van der Waals surface area (Å²) in [5.41, 5.74) is 2.34. The van der Waals surface area contributed by atoms with Gasteiger partial charge in [0.15, 0.2) is 0 Å². The zero-order valence-corrected chi connectivity index (χ0v) is 13.1. The highest BCUT2D eigenvalue weighted by Gasteiger charge is 2.22. The molecule has 0 bridgehead atoms. The Hall–Kier alpha value is -2.53. The summed E-state index contributed by atoms with van der Waals surface area (Å²) < 4.78 is 6.11. The minimum atomic E-state index is 0.664. The number of rotatable bonds is 2. The van der Waals surface area contributed by atoms with Crippen LogP contribution < -0.4 is 4.74 Å². The molecule has 0 amide bonds. The number of thiophene rings is 1. The highest BCUT2D eigenvalue weighted by Crippen LogP contribution is 2.41. The van der Waals surface area contributed by atoms with E-state index in [0.29, 0.717) is 5.88 Å². The van der Waals surface area contributed by atoms with Gasteiger partial charge in [-0.05, 0) is 49.1 Å². The van der Waals surface area contributed by atoms with Gasteiger partial charge in [-0.3, -0.25) is 4.98 Å². The summed E-state index contributed by atoms with van der Waals surface area (Å²) in [6, 6.07) is 9.88. The minimum absolute atomic E-state index is 0.664. The molecule has 0 radical (unpaired) electrons. The fraction of sp³-hybridized carbons (Fsp3) is 0.167. The third-order valence-electron chi connectivity index (χ3n) is 4.26. The highest BCUT2D eigenvalue weighted by atomic mass is 32.1. The summed E-state index contributed by atoms with van der Waals surface area (Å²) in [6.45, 7) is 0. The lowest BCUT2D eigenvalue weighted by atomic mass is 10.2. The van der Waals surface area contributed by atoms with Gasteiger partial charge in [0, 0.05) is 16.5 Å². The average molecular weight is 319 g/mol. The van der Waals surface area contributed by atoms with E-state index in [9.17, 15) is 0 Å². The lowest BCUT2D eigenvalue weighted by molar-refractivity contribution is 0.468. The zero-order valence-electron chi connectivity index (χ0n) is 12.3. The van der Waals surface area contributed by atoms with Gasteiger partial charge in [-0.2, -0.15) is 0 Å². The summed E-state index contributed by atoms with van der Waals surface area (Å²) >= 11 is 1.77. The van der Waals surface area contributed by atoms with E-state index in [1.807, 2.05) is 30.3 Å². The van der Waals surface area contributed by atoms with Crippen LogP contribution in [0.1, 0.15) is 16.9 Å². The molecule has 0 spiro atoms. The number of nitrogens with zero attached hydrogens (tertiary/aromatic N) is 3. The van der Waals surface area contributed by atoms with E-state index >= 15 is 0 Å². The summed E-state index contributed by atoms with van der Waals surface area (Å²) in [5.74, 6) is 1.45. The van der Waals surface area contributed by atoms with Crippen molar-refractivity contribution in [3.8, 4) is 11.6 Å². The van der Waals surface area contributed by atoms with Crippen molar-refractivity contribution >= 4 is 32.5 Å². The fourth-order valence-electron chi connectivity index (χ4n) is 3.21. The molecule has 0 aliphatic heterocycles. The largest absolute Gasteiger partial charge is 0.438 e. The van der Waals surface area contributed by atoms with Crippen molar-refractivity contribution < 1.29 is 4.74 Å². The SMILES string of the molecule is c1cnc2ccc(Oc3ncnc4sc5c(c34)CCC5)cc2c1. The fourth-order valence-corrected chi connectivity index (χ4v) is 4.43.